The zero-order valence-corrected chi connectivity index (χ0v) is 27.4. The van der Waals surface area contributed by atoms with Gasteiger partial charge in [0.15, 0.2) is 17.3 Å². The van der Waals surface area contributed by atoms with Crippen LogP contribution in [0.2, 0.25) is 5.15 Å². The van der Waals surface area contributed by atoms with Gasteiger partial charge in [-0.15, -0.1) is 0 Å². The van der Waals surface area contributed by atoms with E-state index in [-0.39, 0.29) is 35.2 Å². The van der Waals surface area contributed by atoms with E-state index in [0.29, 0.717) is 54.8 Å². The average molecular weight is 646 g/mol. The molecule has 0 radical (unpaired) electrons. The van der Waals surface area contributed by atoms with E-state index < -0.39 is 46.8 Å². The summed E-state index contributed by atoms with van der Waals surface area (Å²) in [6, 6.07) is -0.884. The highest BCUT2D eigenvalue weighted by Crippen LogP contribution is 2.57. The van der Waals surface area contributed by atoms with E-state index in [9.17, 15) is 9.59 Å². The fourth-order valence-corrected chi connectivity index (χ4v) is 8.23. The van der Waals surface area contributed by atoms with E-state index in [1.807, 2.05) is 18.7 Å². The number of carbonyl (C=O) groups is 2. The van der Waals surface area contributed by atoms with E-state index in [1.165, 1.54) is 0 Å². The van der Waals surface area contributed by atoms with Crippen LogP contribution in [-0.4, -0.2) is 82.7 Å². The maximum Gasteiger partial charge on any atom is 0.411 e. The Morgan fingerprint density at radius 1 is 1.13 bits per heavy atom. The highest BCUT2D eigenvalue weighted by Gasteiger charge is 2.64. The van der Waals surface area contributed by atoms with Crippen LogP contribution >= 0.6 is 11.6 Å². The number of anilines is 1. The smallest absolute Gasteiger partial charge is 0.411 e. The molecule has 2 aromatic rings. The van der Waals surface area contributed by atoms with Crippen molar-refractivity contribution in [1.29, 1.82) is 0 Å². The summed E-state index contributed by atoms with van der Waals surface area (Å²) in [5, 5.41) is 3.15. The first kappa shape index (κ1) is 30.7. The van der Waals surface area contributed by atoms with E-state index >= 15 is 4.39 Å². The number of aryl methyl sites for hydroxylation is 1. The molecule has 11 nitrogen and oxygen atoms in total. The van der Waals surface area contributed by atoms with Gasteiger partial charge in [0, 0.05) is 30.3 Å². The first-order valence-electron chi connectivity index (χ1n) is 16.0. The lowest BCUT2D eigenvalue weighted by atomic mass is 9.90. The van der Waals surface area contributed by atoms with Crippen LogP contribution in [0.1, 0.15) is 83.9 Å². The fraction of sp³-hybridized carbons (Fsp3) is 0.688. The molecule has 4 aliphatic heterocycles. The van der Waals surface area contributed by atoms with Crippen molar-refractivity contribution in [3.05, 3.63) is 22.2 Å². The van der Waals surface area contributed by atoms with Crippen LogP contribution in [-0.2, 0) is 24.6 Å². The number of hydrogen-bond acceptors (Lipinski definition) is 9. The molecule has 5 aliphatic rings. The number of pyridine rings is 2. The molecule has 1 saturated carbocycles. The lowest BCUT2D eigenvalue weighted by molar-refractivity contribution is -0.199. The van der Waals surface area contributed by atoms with Crippen molar-refractivity contribution < 1.29 is 32.9 Å². The van der Waals surface area contributed by atoms with Crippen molar-refractivity contribution in [3.8, 4) is 5.88 Å². The number of amides is 2. The molecule has 2 amide bonds. The second kappa shape index (κ2) is 10.5. The van der Waals surface area contributed by atoms with Gasteiger partial charge in [0.05, 0.1) is 29.6 Å². The topological polar surface area (TPSA) is 115 Å². The molecule has 45 heavy (non-hydrogen) atoms. The van der Waals surface area contributed by atoms with Crippen molar-refractivity contribution in [2.45, 2.75) is 121 Å². The molecule has 0 spiro atoms. The van der Waals surface area contributed by atoms with Crippen LogP contribution < -0.4 is 15.0 Å². The summed E-state index contributed by atoms with van der Waals surface area (Å²) in [6.07, 6.45) is 3.64. The van der Waals surface area contributed by atoms with Crippen molar-refractivity contribution >= 4 is 40.2 Å². The van der Waals surface area contributed by atoms with E-state index in [1.54, 1.807) is 32.7 Å². The summed E-state index contributed by atoms with van der Waals surface area (Å²) in [5.74, 6) is -0.342. The maximum atomic E-state index is 16.4. The van der Waals surface area contributed by atoms with Gasteiger partial charge in [-0.2, -0.15) is 4.98 Å². The SMILES string of the molecule is CNC(=O)[C@@]12CC[C@@H]([C@H]3C(C)Oc4nc(Cl)c(F)c5c(C6(OC7CCCCO7)CC6)c(C)nc(c45)N3C1)N2C(=O)OC(C)(C)C. The Balaban J connectivity index is 1.40. The maximum absolute atomic E-state index is 16.4. The van der Waals surface area contributed by atoms with E-state index in [4.69, 9.17) is 35.5 Å². The number of piperazine rings is 1. The van der Waals surface area contributed by atoms with Gasteiger partial charge in [-0.05, 0) is 79.6 Å². The summed E-state index contributed by atoms with van der Waals surface area (Å²) >= 11 is 6.47. The number of ether oxygens (including phenoxy) is 4. The molecule has 7 rings (SSSR count). The third kappa shape index (κ3) is 4.73. The van der Waals surface area contributed by atoms with Gasteiger partial charge in [0.2, 0.25) is 11.8 Å². The normalized spacial score (nSPS) is 30.0. The third-order valence-electron chi connectivity index (χ3n) is 9.95. The quantitative estimate of drug-likeness (QED) is 0.453. The number of halogens is 2. The number of rotatable bonds is 4. The molecule has 2 unspecified atom stereocenters. The Bertz CT molecular complexity index is 1570. The summed E-state index contributed by atoms with van der Waals surface area (Å²) in [4.78, 5) is 40.7. The van der Waals surface area contributed by atoms with Crippen molar-refractivity contribution in [3.63, 3.8) is 0 Å². The van der Waals surface area contributed by atoms with Crippen LogP contribution in [0.5, 0.6) is 5.88 Å². The second-order valence-electron chi connectivity index (χ2n) is 14.1. The minimum absolute atomic E-state index is 0.114. The Labute approximate surface area is 267 Å². The van der Waals surface area contributed by atoms with Crippen LogP contribution in [0, 0.1) is 12.7 Å². The van der Waals surface area contributed by atoms with Crippen LogP contribution in [0.25, 0.3) is 10.8 Å². The lowest BCUT2D eigenvalue weighted by Crippen LogP contribution is -2.73. The molecular weight excluding hydrogens is 605 g/mol. The minimum atomic E-state index is -1.24. The third-order valence-corrected chi connectivity index (χ3v) is 10.2. The van der Waals surface area contributed by atoms with Crippen molar-refractivity contribution in [2.75, 3.05) is 25.1 Å². The molecule has 0 aromatic carbocycles. The standard InChI is InChI=1S/C32H41ClFN5O6/c1-16-22(32(12-13-32)44-19-9-7-8-14-42-19)20-21-26(36-16)38-15-31(28(40)35-6)11-10-18(39(31)29(41)45-30(3,4)5)24(38)17(2)43-27(21)37-25(33)23(20)34/h17-19,24H,7-15H2,1-6H3,(H,35,40)/t17?,18-,19?,24+,31+/m0/s1. The Kier molecular flexibility index (Phi) is 7.18. The molecule has 3 saturated heterocycles. The van der Waals surface area contributed by atoms with Gasteiger partial charge >= 0.3 is 6.09 Å². The molecular formula is C32H41ClFN5O6. The van der Waals surface area contributed by atoms with Crippen molar-refractivity contribution in [2.24, 2.45) is 0 Å². The summed E-state index contributed by atoms with van der Waals surface area (Å²) in [5.41, 5.74) is -1.54. The second-order valence-corrected chi connectivity index (χ2v) is 14.4. The van der Waals surface area contributed by atoms with Crippen LogP contribution in [0.3, 0.4) is 0 Å². The zero-order valence-electron chi connectivity index (χ0n) is 26.7. The first-order chi connectivity index (χ1) is 21.3. The lowest BCUT2D eigenvalue weighted by Gasteiger charge is -2.52. The molecule has 5 atom stereocenters. The summed E-state index contributed by atoms with van der Waals surface area (Å²) < 4.78 is 41.2. The van der Waals surface area contributed by atoms with E-state index in [0.717, 1.165) is 19.3 Å². The first-order valence-corrected chi connectivity index (χ1v) is 16.3. The van der Waals surface area contributed by atoms with Gasteiger partial charge in [-0.3, -0.25) is 9.69 Å². The van der Waals surface area contributed by atoms with Crippen LogP contribution in [0.15, 0.2) is 0 Å². The predicted octanol–water partition coefficient (Wildman–Crippen LogP) is 5.12. The monoisotopic (exact) mass is 645 g/mol. The summed E-state index contributed by atoms with van der Waals surface area (Å²) in [6.45, 7) is 9.89. The molecule has 6 heterocycles. The number of nitrogens with zero attached hydrogens (tertiary/aromatic N) is 4. The largest absolute Gasteiger partial charge is 0.472 e. The minimum Gasteiger partial charge on any atom is -0.472 e. The molecule has 2 bridgehead atoms. The van der Waals surface area contributed by atoms with Gasteiger partial charge in [0.25, 0.3) is 0 Å². The number of hydrogen-bond donors (Lipinski definition) is 1. The number of nitrogens with one attached hydrogen (secondary N) is 1. The molecule has 2 aromatic heterocycles. The highest BCUT2D eigenvalue weighted by molar-refractivity contribution is 6.30. The fourth-order valence-electron chi connectivity index (χ4n) is 8.06. The van der Waals surface area contributed by atoms with Gasteiger partial charge in [-0.1, -0.05) is 11.6 Å². The molecule has 4 fully saturated rings. The Morgan fingerprint density at radius 3 is 2.53 bits per heavy atom. The number of aromatic nitrogens is 2. The molecule has 13 heteroatoms. The van der Waals surface area contributed by atoms with Gasteiger partial charge < -0.3 is 29.2 Å². The number of likely N-dealkylation sites (N-methyl/N-ethyl adjacent to an activating group) is 1. The van der Waals surface area contributed by atoms with Gasteiger partial charge in [-0.25, -0.2) is 14.2 Å². The zero-order chi connectivity index (χ0) is 32.1. The average Bonchev–Trinajstić information content (AvgIpc) is 3.71. The summed E-state index contributed by atoms with van der Waals surface area (Å²) in [7, 11) is 1.56. The Hall–Kier alpha value is -2.96. The van der Waals surface area contributed by atoms with E-state index in [2.05, 4.69) is 10.3 Å². The molecule has 244 valence electrons. The molecule has 1 N–H and O–H groups in total. The molecule has 1 aliphatic carbocycles. The number of fused-ring (bicyclic) bond motifs is 5. The highest BCUT2D eigenvalue weighted by atomic mass is 35.5. The predicted molar refractivity (Wildman–Crippen MR) is 164 cm³/mol. The Morgan fingerprint density at radius 2 is 1.89 bits per heavy atom. The van der Waals surface area contributed by atoms with Crippen molar-refractivity contribution in [1.82, 2.24) is 20.2 Å². The van der Waals surface area contributed by atoms with Crippen LogP contribution in [0.4, 0.5) is 15.0 Å². The van der Waals surface area contributed by atoms with Gasteiger partial charge in [0.1, 0.15) is 23.1 Å². The number of carbonyl (C=O) groups excluding carboxylic acids is 2.